The van der Waals surface area contributed by atoms with Crippen LogP contribution in [0.4, 0.5) is 10.1 Å². The summed E-state index contributed by atoms with van der Waals surface area (Å²) in [5, 5.41) is 3.65. The summed E-state index contributed by atoms with van der Waals surface area (Å²) in [5.74, 6) is -0.489. The number of anilines is 1. The van der Waals surface area contributed by atoms with Crippen LogP contribution >= 0.6 is 0 Å². The number of carbonyl (C=O) groups is 1. The highest BCUT2D eigenvalue weighted by molar-refractivity contribution is 6.12. The van der Waals surface area contributed by atoms with E-state index in [1.807, 2.05) is 18.2 Å². The maximum atomic E-state index is 13.2. The topological polar surface area (TPSA) is 44.9 Å². The molecule has 0 saturated carbocycles. The number of aryl methyl sites for hydroxylation is 1. The Morgan fingerprint density at radius 3 is 2.85 bits per heavy atom. The van der Waals surface area contributed by atoms with E-state index in [4.69, 9.17) is 0 Å². The lowest BCUT2D eigenvalue weighted by atomic mass is 10.1. The molecule has 2 aromatic carbocycles. The number of fused-ring (bicyclic) bond motifs is 1. The molecule has 1 aromatic heterocycles. The van der Waals surface area contributed by atoms with Crippen LogP contribution in [-0.4, -0.2) is 10.9 Å². The van der Waals surface area contributed by atoms with Crippen molar-refractivity contribution in [3.8, 4) is 0 Å². The molecule has 0 radical (unpaired) electrons. The normalized spacial score (nSPS) is 10.7. The zero-order valence-corrected chi connectivity index (χ0v) is 10.9. The summed E-state index contributed by atoms with van der Waals surface area (Å²) in [6, 6.07) is 11.9. The van der Waals surface area contributed by atoms with Crippen LogP contribution < -0.4 is 5.32 Å². The van der Waals surface area contributed by atoms with Gasteiger partial charge in [-0.3, -0.25) is 4.79 Å². The number of rotatable bonds is 2. The molecule has 0 spiro atoms. The monoisotopic (exact) mass is 268 g/mol. The summed E-state index contributed by atoms with van der Waals surface area (Å²) in [4.78, 5) is 15.4. The third-order valence-corrected chi connectivity index (χ3v) is 3.26. The molecule has 0 unspecified atom stereocenters. The third-order valence-electron chi connectivity index (χ3n) is 3.26. The number of H-pyrrole nitrogens is 1. The Bertz CT molecular complexity index is 792. The predicted octanol–water partition coefficient (Wildman–Crippen LogP) is 3.87. The van der Waals surface area contributed by atoms with Crippen molar-refractivity contribution in [1.82, 2.24) is 4.98 Å². The number of nitrogens with one attached hydrogen (secondary N) is 2. The third kappa shape index (κ3) is 2.16. The van der Waals surface area contributed by atoms with Gasteiger partial charge in [0.2, 0.25) is 0 Å². The first-order chi connectivity index (χ1) is 9.65. The molecule has 0 aliphatic rings. The van der Waals surface area contributed by atoms with Crippen molar-refractivity contribution in [2.45, 2.75) is 6.92 Å². The summed E-state index contributed by atoms with van der Waals surface area (Å²) in [6.45, 7) is 1.66. The van der Waals surface area contributed by atoms with Gasteiger partial charge in [-0.1, -0.05) is 6.07 Å². The number of benzene rings is 2. The fourth-order valence-electron chi connectivity index (χ4n) is 2.20. The number of hydrogen-bond acceptors (Lipinski definition) is 1. The molecule has 0 aliphatic carbocycles. The minimum Gasteiger partial charge on any atom is -0.361 e. The summed E-state index contributed by atoms with van der Waals surface area (Å²) >= 11 is 0. The number of carbonyl (C=O) groups excluding carboxylic acids is 1. The average molecular weight is 268 g/mol. The van der Waals surface area contributed by atoms with Crippen LogP contribution in [0.2, 0.25) is 0 Å². The van der Waals surface area contributed by atoms with Crippen LogP contribution in [0.5, 0.6) is 0 Å². The second kappa shape index (κ2) is 4.81. The van der Waals surface area contributed by atoms with Gasteiger partial charge in [0.05, 0.1) is 0 Å². The molecule has 100 valence electrons. The van der Waals surface area contributed by atoms with Gasteiger partial charge in [-0.15, -0.1) is 0 Å². The fraction of sp³-hybridized carbons (Fsp3) is 0.0625. The van der Waals surface area contributed by atoms with Crippen LogP contribution in [0, 0.1) is 12.7 Å². The molecule has 3 rings (SSSR count). The highest BCUT2D eigenvalue weighted by atomic mass is 19.1. The van der Waals surface area contributed by atoms with E-state index >= 15 is 0 Å². The molecular weight excluding hydrogens is 255 g/mol. The molecular formula is C16H13FN2O. The number of halogens is 1. The molecule has 0 fully saturated rings. The van der Waals surface area contributed by atoms with Crippen molar-refractivity contribution < 1.29 is 9.18 Å². The summed E-state index contributed by atoms with van der Waals surface area (Å²) in [7, 11) is 0. The second-order valence-corrected chi connectivity index (χ2v) is 4.66. The molecule has 4 heteroatoms. The van der Waals surface area contributed by atoms with Crippen LogP contribution in [0.15, 0.2) is 48.7 Å². The highest BCUT2D eigenvalue weighted by Crippen LogP contribution is 2.20. The molecule has 1 heterocycles. The Hall–Kier alpha value is -2.62. The molecule has 0 bridgehead atoms. The first-order valence-electron chi connectivity index (χ1n) is 6.29. The standard InChI is InChI=1S/C16H13FN2O/c1-10-9-11(5-6-14(10)17)19-16(20)13-3-2-4-15-12(13)7-8-18-15/h2-9,18H,1H3,(H,19,20). The first kappa shape index (κ1) is 12.4. The van der Waals surface area contributed by atoms with Crippen molar-refractivity contribution in [3.63, 3.8) is 0 Å². The zero-order valence-electron chi connectivity index (χ0n) is 10.9. The summed E-state index contributed by atoms with van der Waals surface area (Å²) in [5.41, 5.74) is 2.59. The quantitative estimate of drug-likeness (QED) is 0.728. The zero-order chi connectivity index (χ0) is 14.1. The lowest BCUT2D eigenvalue weighted by molar-refractivity contribution is 0.102. The largest absolute Gasteiger partial charge is 0.361 e. The molecule has 0 aliphatic heterocycles. The van der Waals surface area contributed by atoms with Crippen molar-refractivity contribution >= 4 is 22.5 Å². The van der Waals surface area contributed by atoms with Crippen molar-refractivity contribution in [1.29, 1.82) is 0 Å². The molecule has 2 N–H and O–H groups in total. The molecule has 0 atom stereocenters. The van der Waals surface area contributed by atoms with Gasteiger partial charge in [0.25, 0.3) is 5.91 Å². The van der Waals surface area contributed by atoms with E-state index in [0.29, 0.717) is 16.8 Å². The van der Waals surface area contributed by atoms with Gasteiger partial charge in [0, 0.05) is 28.4 Å². The first-order valence-corrected chi connectivity index (χ1v) is 6.29. The van der Waals surface area contributed by atoms with E-state index in [-0.39, 0.29) is 11.7 Å². The minimum atomic E-state index is -0.282. The van der Waals surface area contributed by atoms with E-state index in [1.165, 1.54) is 6.07 Å². The second-order valence-electron chi connectivity index (χ2n) is 4.66. The molecule has 3 nitrogen and oxygen atoms in total. The summed E-state index contributed by atoms with van der Waals surface area (Å²) < 4.78 is 13.2. The van der Waals surface area contributed by atoms with E-state index in [0.717, 1.165) is 10.9 Å². The van der Waals surface area contributed by atoms with Gasteiger partial charge in [0.1, 0.15) is 5.82 Å². The minimum absolute atomic E-state index is 0.207. The van der Waals surface area contributed by atoms with Crippen LogP contribution in [-0.2, 0) is 0 Å². The number of amides is 1. The molecule has 1 amide bonds. The van der Waals surface area contributed by atoms with Crippen molar-refractivity contribution in [3.05, 3.63) is 65.6 Å². The Labute approximate surface area is 115 Å². The van der Waals surface area contributed by atoms with E-state index < -0.39 is 0 Å². The fourth-order valence-corrected chi connectivity index (χ4v) is 2.20. The lowest BCUT2D eigenvalue weighted by Gasteiger charge is -2.07. The Morgan fingerprint density at radius 2 is 2.05 bits per heavy atom. The average Bonchev–Trinajstić information content (AvgIpc) is 2.91. The Kier molecular flexibility index (Phi) is 2.99. The van der Waals surface area contributed by atoms with E-state index in [2.05, 4.69) is 10.3 Å². The van der Waals surface area contributed by atoms with Crippen molar-refractivity contribution in [2.24, 2.45) is 0 Å². The van der Waals surface area contributed by atoms with Crippen LogP contribution in [0.3, 0.4) is 0 Å². The molecule has 0 saturated heterocycles. The van der Waals surface area contributed by atoms with Crippen LogP contribution in [0.1, 0.15) is 15.9 Å². The van der Waals surface area contributed by atoms with Gasteiger partial charge in [0.15, 0.2) is 0 Å². The van der Waals surface area contributed by atoms with Gasteiger partial charge in [-0.25, -0.2) is 4.39 Å². The van der Waals surface area contributed by atoms with Gasteiger partial charge in [-0.05, 0) is 48.9 Å². The number of hydrogen-bond donors (Lipinski definition) is 2. The van der Waals surface area contributed by atoms with Gasteiger partial charge >= 0.3 is 0 Å². The molecule has 20 heavy (non-hydrogen) atoms. The van der Waals surface area contributed by atoms with E-state index in [1.54, 1.807) is 31.3 Å². The Morgan fingerprint density at radius 1 is 1.20 bits per heavy atom. The number of aromatic amines is 1. The smallest absolute Gasteiger partial charge is 0.256 e. The predicted molar refractivity (Wildman–Crippen MR) is 77.4 cm³/mol. The SMILES string of the molecule is Cc1cc(NC(=O)c2cccc3[nH]ccc23)ccc1F. The molecule has 3 aromatic rings. The van der Waals surface area contributed by atoms with Crippen molar-refractivity contribution in [2.75, 3.05) is 5.32 Å². The maximum Gasteiger partial charge on any atom is 0.256 e. The highest BCUT2D eigenvalue weighted by Gasteiger charge is 2.11. The van der Waals surface area contributed by atoms with Crippen LogP contribution in [0.25, 0.3) is 10.9 Å². The summed E-state index contributed by atoms with van der Waals surface area (Å²) in [6.07, 6.45) is 1.80. The Balaban J connectivity index is 1.93. The van der Waals surface area contributed by atoms with Gasteiger partial charge in [-0.2, -0.15) is 0 Å². The van der Waals surface area contributed by atoms with E-state index in [9.17, 15) is 9.18 Å². The lowest BCUT2D eigenvalue weighted by Crippen LogP contribution is -2.12. The number of aromatic nitrogens is 1. The van der Waals surface area contributed by atoms with Gasteiger partial charge < -0.3 is 10.3 Å². The maximum absolute atomic E-state index is 13.2.